The van der Waals surface area contributed by atoms with Crippen molar-refractivity contribution >= 4 is 0 Å². The van der Waals surface area contributed by atoms with E-state index in [1.54, 1.807) is 12.4 Å². The zero-order chi connectivity index (χ0) is 16.0. The summed E-state index contributed by atoms with van der Waals surface area (Å²) in [6, 6.07) is 4.15. The number of nitrogens with zero attached hydrogens (tertiary/aromatic N) is 2. The Kier molecular flexibility index (Phi) is 5.86. The van der Waals surface area contributed by atoms with E-state index in [1.807, 2.05) is 12.1 Å². The highest BCUT2D eigenvalue weighted by Gasteiger charge is 2.43. The molecule has 5 nitrogen and oxygen atoms in total. The number of fused-ring (bicyclic) bond motifs is 1. The van der Waals surface area contributed by atoms with Gasteiger partial charge in [-0.3, -0.25) is 9.88 Å². The van der Waals surface area contributed by atoms with Gasteiger partial charge in [-0.15, -0.1) is 0 Å². The predicted octanol–water partition coefficient (Wildman–Crippen LogP) is 1.82. The molecule has 2 fully saturated rings. The lowest BCUT2D eigenvalue weighted by molar-refractivity contribution is -0.0917. The van der Waals surface area contributed by atoms with Gasteiger partial charge < -0.3 is 15.2 Å². The summed E-state index contributed by atoms with van der Waals surface area (Å²) in [5.74, 6) is 0.816. The van der Waals surface area contributed by atoms with Crippen LogP contribution in [0.25, 0.3) is 0 Å². The number of pyridine rings is 1. The second-order valence-electron chi connectivity index (χ2n) is 6.82. The van der Waals surface area contributed by atoms with Crippen LogP contribution in [0.15, 0.2) is 24.5 Å². The molecule has 2 aliphatic rings. The Labute approximate surface area is 139 Å². The minimum Gasteiger partial charge on any atom is -0.492 e. The van der Waals surface area contributed by atoms with E-state index in [9.17, 15) is 5.11 Å². The number of ether oxygens (including phenoxy) is 1. The molecule has 3 heterocycles. The summed E-state index contributed by atoms with van der Waals surface area (Å²) in [6.45, 7) is 4.56. The Morgan fingerprint density at radius 1 is 1.35 bits per heavy atom. The van der Waals surface area contributed by atoms with Gasteiger partial charge in [-0.1, -0.05) is 6.42 Å². The minimum atomic E-state index is -0.553. The summed E-state index contributed by atoms with van der Waals surface area (Å²) >= 11 is 0. The lowest BCUT2D eigenvalue weighted by Crippen LogP contribution is -2.62. The first-order valence-electron chi connectivity index (χ1n) is 8.98. The van der Waals surface area contributed by atoms with E-state index >= 15 is 0 Å². The van der Waals surface area contributed by atoms with E-state index < -0.39 is 5.60 Å². The van der Waals surface area contributed by atoms with Crippen molar-refractivity contribution in [3.63, 3.8) is 0 Å². The molecule has 0 saturated carbocycles. The zero-order valence-corrected chi connectivity index (χ0v) is 13.9. The molecule has 0 aliphatic carbocycles. The first kappa shape index (κ1) is 16.7. The lowest BCUT2D eigenvalue weighted by Gasteiger charge is -2.49. The monoisotopic (exact) mass is 319 g/mol. The van der Waals surface area contributed by atoms with Gasteiger partial charge in [0.1, 0.15) is 5.75 Å². The summed E-state index contributed by atoms with van der Waals surface area (Å²) in [5.41, 5.74) is -0.553. The second kappa shape index (κ2) is 8.08. The van der Waals surface area contributed by atoms with Gasteiger partial charge in [-0.05, 0) is 63.9 Å². The summed E-state index contributed by atoms with van der Waals surface area (Å²) in [6.07, 6.45) is 10.1. The Hall–Kier alpha value is -1.17. The van der Waals surface area contributed by atoms with Crippen LogP contribution in [0.3, 0.4) is 0 Å². The van der Waals surface area contributed by atoms with Gasteiger partial charge in [0.2, 0.25) is 0 Å². The third kappa shape index (κ3) is 4.43. The van der Waals surface area contributed by atoms with Crippen LogP contribution in [0.2, 0.25) is 0 Å². The van der Waals surface area contributed by atoms with Crippen LogP contribution in [-0.2, 0) is 0 Å². The van der Waals surface area contributed by atoms with E-state index in [2.05, 4.69) is 15.2 Å². The Bertz CT molecular complexity index is 469. The Morgan fingerprint density at radius 3 is 3.13 bits per heavy atom. The number of aliphatic hydroxyl groups is 1. The molecular weight excluding hydrogens is 290 g/mol. The molecule has 23 heavy (non-hydrogen) atoms. The van der Waals surface area contributed by atoms with Crippen molar-refractivity contribution in [2.45, 2.75) is 50.2 Å². The molecule has 2 aliphatic heterocycles. The first-order chi connectivity index (χ1) is 11.3. The van der Waals surface area contributed by atoms with Crippen molar-refractivity contribution in [1.29, 1.82) is 0 Å². The fourth-order valence-electron chi connectivity index (χ4n) is 3.95. The van der Waals surface area contributed by atoms with Crippen molar-refractivity contribution in [2.24, 2.45) is 0 Å². The summed E-state index contributed by atoms with van der Waals surface area (Å²) in [5, 5.41) is 14.5. The van der Waals surface area contributed by atoms with E-state index in [4.69, 9.17) is 4.74 Å². The van der Waals surface area contributed by atoms with E-state index in [1.165, 1.54) is 12.8 Å². The first-order valence-corrected chi connectivity index (χ1v) is 8.98. The van der Waals surface area contributed by atoms with Crippen molar-refractivity contribution in [3.05, 3.63) is 24.5 Å². The van der Waals surface area contributed by atoms with Crippen LogP contribution in [0.4, 0.5) is 0 Å². The zero-order valence-electron chi connectivity index (χ0n) is 13.9. The maximum Gasteiger partial charge on any atom is 0.137 e. The highest BCUT2D eigenvalue weighted by molar-refractivity contribution is 5.15. The Morgan fingerprint density at radius 2 is 2.26 bits per heavy atom. The van der Waals surface area contributed by atoms with Gasteiger partial charge in [0.05, 0.1) is 18.4 Å². The molecule has 3 rings (SSSR count). The molecule has 0 unspecified atom stereocenters. The number of hydrogen-bond donors (Lipinski definition) is 2. The van der Waals surface area contributed by atoms with Crippen LogP contribution in [0.5, 0.6) is 5.75 Å². The fourth-order valence-corrected chi connectivity index (χ4v) is 3.95. The van der Waals surface area contributed by atoms with Crippen molar-refractivity contribution in [1.82, 2.24) is 15.2 Å². The number of aromatic nitrogens is 1. The fraction of sp³-hybridized carbons (Fsp3) is 0.722. The maximum atomic E-state index is 11.1. The summed E-state index contributed by atoms with van der Waals surface area (Å²) < 4.78 is 5.64. The van der Waals surface area contributed by atoms with Crippen LogP contribution in [0, 0.1) is 0 Å². The molecule has 0 aromatic carbocycles. The molecule has 0 radical (unpaired) electrons. The van der Waals surface area contributed by atoms with E-state index in [0.29, 0.717) is 19.2 Å². The van der Waals surface area contributed by atoms with Gasteiger partial charge in [0.25, 0.3) is 0 Å². The molecule has 5 heteroatoms. The second-order valence-corrected chi connectivity index (χ2v) is 6.82. The molecule has 2 saturated heterocycles. The molecule has 2 atom stereocenters. The van der Waals surface area contributed by atoms with Crippen LogP contribution < -0.4 is 10.1 Å². The van der Waals surface area contributed by atoms with Crippen LogP contribution in [0.1, 0.15) is 38.5 Å². The number of hydrogen-bond acceptors (Lipinski definition) is 5. The van der Waals surface area contributed by atoms with Gasteiger partial charge in [-0.2, -0.15) is 0 Å². The highest BCUT2D eigenvalue weighted by Crippen LogP contribution is 2.33. The quantitative estimate of drug-likeness (QED) is 0.751. The standard InChI is InChI=1S/C18H29N3O2/c22-18(8-4-12-21-11-2-1-7-17(18)21)15-20-10-5-13-23-16-6-3-9-19-14-16/h3,6,9,14,17,20,22H,1-2,4-5,7-8,10-13,15H2/t17-,18-/m1/s1. The smallest absolute Gasteiger partial charge is 0.137 e. The minimum absolute atomic E-state index is 0.351. The lowest BCUT2D eigenvalue weighted by atomic mass is 9.79. The largest absolute Gasteiger partial charge is 0.492 e. The predicted molar refractivity (Wildman–Crippen MR) is 90.6 cm³/mol. The molecule has 1 aromatic rings. The van der Waals surface area contributed by atoms with Crippen LogP contribution >= 0.6 is 0 Å². The summed E-state index contributed by atoms with van der Waals surface area (Å²) in [7, 11) is 0. The van der Waals surface area contributed by atoms with Crippen molar-refractivity contribution < 1.29 is 9.84 Å². The van der Waals surface area contributed by atoms with Gasteiger partial charge in [-0.25, -0.2) is 0 Å². The average Bonchev–Trinajstić information content (AvgIpc) is 2.59. The highest BCUT2D eigenvalue weighted by atomic mass is 16.5. The van der Waals surface area contributed by atoms with E-state index in [-0.39, 0.29) is 0 Å². The molecular formula is C18H29N3O2. The number of nitrogens with one attached hydrogen (secondary N) is 1. The third-order valence-corrected chi connectivity index (χ3v) is 5.12. The SMILES string of the molecule is O[C@@]1(CNCCCOc2cccnc2)CCCN2CCCC[C@@H]21. The van der Waals surface area contributed by atoms with Crippen LogP contribution in [-0.4, -0.2) is 59.4 Å². The molecule has 0 spiro atoms. The molecule has 1 aromatic heterocycles. The molecule has 128 valence electrons. The van der Waals surface area contributed by atoms with Gasteiger partial charge >= 0.3 is 0 Å². The molecule has 0 bridgehead atoms. The van der Waals surface area contributed by atoms with Crippen molar-refractivity contribution in [2.75, 3.05) is 32.8 Å². The Balaban J connectivity index is 1.36. The molecule has 0 amide bonds. The third-order valence-electron chi connectivity index (χ3n) is 5.12. The average molecular weight is 319 g/mol. The number of piperidine rings is 2. The topological polar surface area (TPSA) is 57.6 Å². The van der Waals surface area contributed by atoms with Crippen molar-refractivity contribution in [3.8, 4) is 5.75 Å². The van der Waals surface area contributed by atoms with E-state index in [0.717, 1.165) is 51.1 Å². The maximum absolute atomic E-state index is 11.1. The number of rotatable bonds is 7. The normalized spacial score (nSPS) is 28.3. The van der Waals surface area contributed by atoms with Gasteiger partial charge in [0.15, 0.2) is 0 Å². The summed E-state index contributed by atoms with van der Waals surface area (Å²) in [4.78, 5) is 6.53. The molecule has 2 N–H and O–H groups in total. The van der Waals surface area contributed by atoms with Gasteiger partial charge in [0, 0.05) is 18.8 Å².